The van der Waals surface area contributed by atoms with Crippen molar-refractivity contribution in [2.24, 2.45) is 0 Å². The zero-order valence-electron chi connectivity index (χ0n) is 14.0. The molecule has 0 spiro atoms. The minimum Gasteiger partial charge on any atom is -0.497 e. The number of aldehydes is 1. The molecule has 1 aliphatic carbocycles. The van der Waals surface area contributed by atoms with Gasteiger partial charge in [-0.3, -0.25) is 9.59 Å². The fraction of sp³-hybridized carbons (Fsp3) is 0.500. The van der Waals surface area contributed by atoms with Gasteiger partial charge >= 0.3 is 0 Å². The van der Waals surface area contributed by atoms with Crippen LogP contribution in [0.3, 0.4) is 0 Å². The van der Waals surface area contributed by atoms with Gasteiger partial charge in [0.25, 0.3) is 5.91 Å². The number of nitriles is 1. The Labute approximate surface area is 141 Å². The molecule has 1 aromatic rings. The zero-order valence-corrected chi connectivity index (χ0v) is 14.0. The smallest absolute Gasteiger partial charge is 0.262 e. The molecule has 1 atom stereocenters. The number of carbonyl (C=O) groups excluding carboxylic acids is 2. The van der Waals surface area contributed by atoms with Crippen molar-refractivity contribution >= 4 is 12.2 Å². The molecule has 6 heteroatoms. The van der Waals surface area contributed by atoms with Crippen molar-refractivity contribution in [3.05, 3.63) is 23.8 Å². The Balaban J connectivity index is 2.06. The van der Waals surface area contributed by atoms with E-state index in [1.165, 1.54) is 7.11 Å². The Morgan fingerprint density at radius 3 is 2.67 bits per heavy atom. The summed E-state index contributed by atoms with van der Waals surface area (Å²) in [5.74, 6) is 0.487. The van der Waals surface area contributed by atoms with Gasteiger partial charge in [0.15, 0.2) is 12.4 Å². The number of nitrogens with one attached hydrogen (secondary N) is 1. The van der Waals surface area contributed by atoms with Gasteiger partial charge < -0.3 is 14.8 Å². The Kier molecular flexibility index (Phi) is 5.80. The van der Waals surface area contributed by atoms with Gasteiger partial charge in [-0.15, -0.1) is 0 Å². The lowest BCUT2D eigenvalue weighted by molar-refractivity contribution is -0.129. The van der Waals surface area contributed by atoms with Crippen molar-refractivity contribution in [2.45, 2.75) is 50.7 Å². The van der Waals surface area contributed by atoms with Gasteiger partial charge in [0.2, 0.25) is 0 Å². The van der Waals surface area contributed by atoms with Crippen LogP contribution in [0, 0.1) is 11.3 Å². The molecule has 128 valence electrons. The van der Waals surface area contributed by atoms with E-state index in [1.807, 2.05) is 0 Å². The van der Waals surface area contributed by atoms with Crippen molar-refractivity contribution in [1.82, 2.24) is 5.32 Å². The van der Waals surface area contributed by atoms with Crippen LogP contribution >= 0.6 is 0 Å². The van der Waals surface area contributed by atoms with Gasteiger partial charge in [-0.05, 0) is 38.0 Å². The summed E-state index contributed by atoms with van der Waals surface area (Å²) in [4.78, 5) is 23.6. The molecule has 1 amide bonds. The summed E-state index contributed by atoms with van der Waals surface area (Å²) >= 11 is 0. The molecule has 0 saturated heterocycles. The quantitative estimate of drug-likeness (QED) is 0.810. The average Bonchev–Trinajstić information content (AvgIpc) is 2.62. The lowest BCUT2D eigenvalue weighted by Gasteiger charge is -2.32. The van der Waals surface area contributed by atoms with E-state index in [9.17, 15) is 14.9 Å². The summed E-state index contributed by atoms with van der Waals surface area (Å²) in [6.07, 6.45) is 4.09. The van der Waals surface area contributed by atoms with Crippen LogP contribution in [0.4, 0.5) is 0 Å². The number of benzene rings is 1. The van der Waals surface area contributed by atoms with Crippen LogP contribution in [0.1, 0.15) is 49.4 Å². The number of amides is 1. The highest BCUT2D eigenvalue weighted by Gasteiger charge is 2.35. The number of hydrogen-bond donors (Lipinski definition) is 1. The first-order chi connectivity index (χ1) is 11.5. The molecular formula is C18H22N2O4. The summed E-state index contributed by atoms with van der Waals surface area (Å²) in [6, 6.07) is 7.04. The van der Waals surface area contributed by atoms with E-state index in [0.717, 1.165) is 19.3 Å². The second-order valence-corrected chi connectivity index (χ2v) is 6.03. The first-order valence-electron chi connectivity index (χ1n) is 8.07. The van der Waals surface area contributed by atoms with E-state index < -0.39 is 11.6 Å². The lowest BCUT2D eigenvalue weighted by atomic mass is 9.83. The average molecular weight is 330 g/mol. The van der Waals surface area contributed by atoms with Crippen molar-refractivity contribution < 1.29 is 19.1 Å². The maximum atomic E-state index is 12.4. The number of methoxy groups -OCH3 is 1. The van der Waals surface area contributed by atoms with Crippen LogP contribution in [-0.4, -0.2) is 30.9 Å². The fourth-order valence-corrected chi connectivity index (χ4v) is 2.85. The van der Waals surface area contributed by atoms with Gasteiger partial charge in [-0.2, -0.15) is 5.26 Å². The summed E-state index contributed by atoms with van der Waals surface area (Å²) in [6.45, 7) is 1.60. The van der Waals surface area contributed by atoms with Crippen molar-refractivity contribution in [3.63, 3.8) is 0 Å². The van der Waals surface area contributed by atoms with E-state index in [-0.39, 0.29) is 5.91 Å². The van der Waals surface area contributed by atoms with E-state index in [2.05, 4.69) is 11.4 Å². The molecule has 24 heavy (non-hydrogen) atoms. The third-order valence-electron chi connectivity index (χ3n) is 4.30. The van der Waals surface area contributed by atoms with Gasteiger partial charge in [0.1, 0.15) is 17.0 Å². The fourth-order valence-electron chi connectivity index (χ4n) is 2.85. The third-order valence-corrected chi connectivity index (χ3v) is 4.30. The molecule has 0 unspecified atom stereocenters. The van der Waals surface area contributed by atoms with Crippen LogP contribution in [0.5, 0.6) is 11.5 Å². The Hall–Kier alpha value is -2.55. The lowest BCUT2D eigenvalue weighted by Crippen LogP contribution is -2.52. The molecule has 1 N–H and O–H groups in total. The standard InChI is InChI=1S/C18H22N2O4/c1-13(17(22)20-18(12-19)8-4-3-5-9-18)24-16-7-6-15(23-2)10-14(16)11-21/h6-7,10-11,13H,3-5,8-9H2,1-2H3,(H,20,22)/t13-/m0/s1. The number of hydrogen-bond acceptors (Lipinski definition) is 5. The molecule has 0 heterocycles. The maximum absolute atomic E-state index is 12.4. The summed E-state index contributed by atoms with van der Waals surface area (Å²) in [5, 5.41) is 12.3. The molecular weight excluding hydrogens is 308 g/mol. The number of nitrogens with zero attached hydrogens (tertiary/aromatic N) is 1. The first kappa shape index (κ1) is 17.8. The monoisotopic (exact) mass is 330 g/mol. The molecule has 1 aromatic carbocycles. The van der Waals surface area contributed by atoms with Crippen LogP contribution in [0.15, 0.2) is 18.2 Å². The maximum Gasteiger partial charge on any atom is 0.262 e. The SMILES string of the molecule is COc1ccc(O[C@@H](C)C(=O)NC2(C#N)CCCCC2)c(C=O)c1. The molecule has 2 rings (SSSR count). The normalized spacial score (nSPS) is 17.2. The zero-order chi connectivity index (χ0) is 17.6. The van der Waals surface area contributed by atoms with Crippen molar-refractivity contribution in [2.75, 3.05) is 7.11 Å². The van der Waals surface area contributed by atoms with E-state index in [1.54, 1.807) is 25.1 Å². The predicted molar refractivity (Wildman–Crippen MR) is 88.0 cm³/mol. The Morgan fingerprint density at radius 2 is 2.08 bits per heavy atom. The van der Waals surface area contributed by atoms with Gasteiger partial charge in [0, 0.05) is 0 Å². The molecule has 1 fully saturated rings. The second kappa shape index (κ2) is 7.82. The Morgan fingerprint density at radius 1 is 1.38 bits per heavy atom. The van der Waals surface area contributed by atoms with Crippen LogP contribution in [0.25, 0.3) is 0 Å². The van der Waals surface area contributed by atoms with Crippen LogP contribution in [-0.2, 0) is 4.79 Å². The molecule has 0 aliphatic heterocycles. The minimum absolute atomic E-state index is 0.307. The summed E-state index contributed by atoms with van der Waals surface area (Å²) in [7, 11) is 1.51. The topological polar surface area (TPSA) is 88.4 Å². The minimum atomic E-state index is -0.816. The van der Waals surface area contributed by atoms with E-state index >= 15 is 0 Å². The highest BCUT2D eigenvalue weighted by atomic mass is 16.5. The van der Waals surface area contributed by atoms with E-state index in [0.29, 0.717) is 36.2 Å². The molecule has 6 nitrogen and oxygen atoms in total. The molecule has 1 aliphatic rings. The number of rotatable bonds is 6. The van der Waals surface area contributed by atoms with Gasteiger partial charge in [0.05, 0.1) is 18.7 Å². The molecule has 0 bridgehead atoms. The van der Waals surface area contributed by atoms with Gasteiger partial charge in [-0.25, -0.2) is 0 Å². The number of carbonyl (C=O) groups is 2. The van der Waals surface area contributed by atoms with Gasteiger partial charge in [-0.1, -0.05) is 19.3 Å². The third kappa shape index (κ3) is 4.05. The molecule has 0 radical (unpaired) electrons. The predicted octanol–water partition coefficient (Wildman–Crippen LogP) is 2.62. The highest BCUT2D eigenvalue weighted by Crippen LogP contribution is 2.28. The number of ether oxygens (including phenoxy) is 2. The molecule has 1 saturated carbocycles. The second-order valence-electron chi connectivity index (χ2n) is 6.03. The summed E-state index contributed by atoms with van der Waals surface area (Å²) < 4.78 is 10.7. The first-order valence-corrected chi connectivity index (χ1v) is 8.07. The van der Waals surface area contributed by atoms with Crippen LogP contribution < -0.4 is 14.8 Å². The van der Waals surface area contributed by atoms with E-state index in [4.69, 9.17) is 9.47 Å². The highest BCUT2D eigenvalue weighted by molar-refractivity contribution is 5.83. The largest absolute Gasteiger partial charge is 0.497 e. The Bertz CT molecular complexity index is 645. The molecule has 0 aromatic heterocycles. The van der Waals surface area contributed by atoms with Crippen molar-refractivity contribution in [1.29, 1.82) is 5.26 Å². The van der Waals surface area contributed by atoms with Crippen LogP contribution in [0.2, 0.25) is 0 Å². The van der Waals surface area contributed by atoms with Crippen molar-refractivity contribution in [3.8, 4) is 17.6 Å². The summed E-state index contributed by atoms with van der Waals surface area (Å²) in [5.41, 5.74) is -0.498.